The van der Waals surface area contributed by atoms with Crippen LogP contribution in [0.5, 0.6) is 11.5 Å². The number of para-hydroxylation sites is 1. The Morgan fingerprint density at radius 2 is 1.82 bits per heavy atom. The predicted octanol–water partition coefficient (Wildman–Crippen LogP) is 4.69. The quantitative estimate of drug-likeness (QED) is 0.400. The summed E-state index contributed by atoms with van der Waals surface area (Å²) in [5.41, 5.74) is 3.04. The van der Waals surface area contributed by atoms with Crippen LogP contribution >= 0.6 is 11.8 Å². The molecule has 0 aliphatic carbocycles. The molecular weight excluding hydrogens is 464 g/mol. The number of carbonyl (C=O) groups excluding carboxylic acids is 1. The van der Waals surface area contributed by atoms with Gasteiger partial charge < -0.3 is 14.8 Å². The van der Waals surface area contributed by atoms with Gasteiger partial charge in [0.2, 0.25) is 5.91 Å². The number of alkyl halides is 2. The van der Waals surface area contributed by atoms with E-state index in [0.717, 1.165) is 16.8 Å². The first-order valence-electron chi connectivity index (χ1n) is 10.1. The number of aromatic nitrogens is 4. The van der Waals surface area contributed by atoms with E-state index in [1.165, 1.54) is 30.0 Å². The lowest BCUT2D eigenvalue weighted by Gasteiger charge is -2.13. The van der Waals surface area contributed by atoms with Crippen LogP contribution in [-0.2, 0) is 4.79 Å². The lowest BCUT2D eigenvalue weighted by Crippen LogP contribution is -2.25. The van der Waals surface area contributed by atoms with Crippen LogP contribution in [0.1, 0.15) is 5.56 Å². The highest BCUT2D eigenvalue weighted by Gasteiger charge is 2.43. The van der Waals surface area contributed by atoms with E-state index in [1.807, 2.05) is 47.9 Å². The number of hydrogen-bond acceptors (Lipinski definition) is 7. The molecule has 0 atom stereocenters. The Labute approximate surface area is 196 Å². The summed E-state index contributed by atoms with van der Waals surface area (Å²) >= 11 is 1.20. The number of hydrogen-bond donors (Lipinski definition) is 1. The molecule has 1 N–H and O–H groups in total. The monoisotopic (exact) mass is 481 g/mol. The zero-order valence-electron chi connectivity index (χ0n) is 17.7. The van der Waals surface area contributed by atoms with Gasteiger partial charge in [-0.2, -0.15) is 0 Å². The van der Waals surface area contributed by atoms with E-state index >= 15 is 0 Å². The average Bonchev–Trinajstić information content (AvgIpc) is 3.37. The van der Waals surface area contributed by atoms with Crippen molar-refractivity contribution in [1.82, 2.24) is 19.7 Å². The smallest absolute Gasteiger partial charge is 0.395 e. The van der Waals surface area contributed by atoms with Crippen LogP contribution in [0.4, 0.5) is 14.5 Å². The second kappa shape index (κ2) is 8.75. The van der Waals surface area contributed by atoms with Crippen LogP contribution in [0, 0.1) is 6.92 Å². The molecule has 1 amide bonds. The number of benzene rings is 2. The molecule has 0 fully saturated rings. The maximum absolute atomic E-state index is 13.2. The Morgan fingerprint density at radius 3 is 2.62 bits per heavy atom. The van der Waals surface area contributed by atoms with Gasteiger partial charge in [0.25, 0.3) is 0 Å². The van der Waals surface area contributed by atoms with Crippen LogP contribution < -0.4 is 14.8 Å². The SMILES string of the molecule is Cc1ccccc1-n1c(SCC(=O)Nc2ccc3c(c2)OC(F)(F)O3)nnc1-c1ccncc1. The second-order valence-corrected chi connectivity index (χ2v) is 8.27. The lowest BCUT2D eigenvalue weighted by molar-refractivity contribution is -0.286. The molecule has 172 valence electrons. The molecule has 5 rings (SSSR count). The van der Waals surface area contributed by atoms with Crippen molar-refractivity contribution >= 4 is 23.4 Å². The molecule has 2 aromatic carbocycles. The number of nitrogens with one attached hydrogen (secondary N) is 1. The standard InChI is InChI=1S/C23H17F2N5O3S/c1-14-4-2-3-5-17(14)30-21(15-8-10-26-11-9-15)28-29-22(30)34-13-20(31)27-16-6-7-18-19(12-16)33-23(24,25)32-18/h2-12H,13H2,1H3,(H,27,31). The fourth-order valence-corrected chi connectivity index (χ4v) is 4.18. The lowest BCUT2D eigenvalue weighted by atomic mass is 10.2. The number of ether oxygens (including phenoxy) is 2. The highest BCUT2D eigenvalue weighted by molar-refractivity contribution is 7.99. The molecule has 11 heteroatoms. The van der Waals surface area contributed by atoms with Crippen molar-refractivity contribution in [3.8, 4) is 28.6 Å². The van der Waals surface area contributed by atoms with Crippen molar-refractivity contribution in [2.75, 3.05) is 11.1 Å². The van der Waals surface area contributed by atoms with Crippen molar-refractivity contribution in [3.05, 3.63) is 72.6 Å². The average molecular weight is 481 g/mol. The van der Waals surface area contributed by atoms with E-state index in [1.54, 1.807) is 12.4 Å². The van der Waals surface area contributed by atoms with Crippen molar-refractivity contribution in [3.63, 3.8) is 0 Å². The molecule has 0 saturated heterocycles. The van der Waals surface area contributed by atoms with E-state index in [0.29, 0.717) is 16.7 Å². The minimum absolute atomic E-state index is 0.0188. The number of halogens is 2. The first-order chi connectivity index (χ1) is 16.4. The molecule has 0 bridgehead atoms. The van der Waals surface area contributed by atoms with Gasteiger partial charge in [-0.25, -0.2) is 0 Å². The fraction of sp³-hybridized carbons (Fsp3) is 0.130. The summed E-state index contributed by atoms with van der Waals surface area (Å²) in [5.74, 6) is 0.0612. The van der Waals surface area contributed by atoms with E-state index < -0.39 is 6.29 Å². The van der Waals surface area contributed by atoms with Gasteiger partial charge in [0.05, 0.1) is 11.4 Å². The third-order valence-electron chi connectivity index (χ3n) is 4.95. The number of fused-ring (bicyclic) bond motifs is 1. The van der Waals surface area contributed by atoms with E-state index in [4.69, 9.17) is 0 Å². The molecular formula is C23H17F2N5O3S. The Bertz CT molecular complexity index is 1360. The molecule has 1 aliphatic heterocycles. The number of thioether (sulfide) groups is 1. The van der Waals surface area contributed by atoms with Crippen LogP contribution in [0.2, 0.25) is 0 Å². The fourth-order valence-electron chi connectivity index (χ4n) is 3.44. The number of nitrogens with zero attached hydrogens (tertiary/aromatic N) is 4. The minimum atomic E-state index is -3.72. The van der Waals surface area contributed by atoms with Gasteiger partial charge in [-0.1, -0.05) is 30.0 Å². The zero-order chi connectivity index (χ0) is 23.7. The van der Waals surface area contributed by atoms with E-state index in [2.05, 4.69) is 30.0 Å². The number of rotatable bonds is 6. The molecule has 1 aliphatic rings. The Hall–Kier alpha value is -3.99. The third-order valence-corrected chi connectivity index (χ3v) is 5.87. The molecule has 8 nitrogen and oxygen atoms in total. The van der Waals surface area contributed by atoms with Gasteiger partial charge >= 0.3 is 6.29 Å². The second-order valence-electron chi connectivity index (χ2n) is 7.33. The summed E-state index contributed by atoms with van der Waals surface area (Å²) in [6.07, 6.45) is -0.367. The molecule has 0 saturated carbocycles. The summed E-state index contributed by atoms with van der Waals surface area (Å²) < 4.78 is 37.1. The van der Waals surface area contributed by atoms with Crippen LogP contribution in [0.3, 0.4) is 0 Å². The maximum atomic E-state index is 13.2. The summed E-state index contributed by atoms with van der Waals surface area (Å²) in [6, 6.07) is 15.5. The highest BCUT2D eigenvalue weighted by Crippen LogP contribution is 2.42. The number of aryl methyl sites for hydroxylation is 1. The van der Waals surface area contributed by atoms with Crippen molar-refractivity contribution in [1.29, 1.82) is 0 Å². The number of carbonyl (C=O) groups is 1. The van der Waals surface area contributed by atoms with Crippen molar-refractivity contribution < 1.29 is 23.0 Å². The van der Waals surface area contributed by atoms with Gasteiger partial charge in [-0.15, -0.1) is 19.0 Å². The summed E-state index contributed by atoms with van der Waals surface area (Å²) in [7, 11) is 0. The maximum Gasteiger partial charge on any atom is 0.586 e. The highest BCUT2D eigenvalue weighted by atomic mass is 32.2. The topological polar surface area (TPSA) is 91.2 Å². The predicted molar refractivity (Wildman–Crippen MR) is 121 cm³/mol. The third kappa shape index (κ3) is 4.42. The Kier molecular flexibility index (Phi) is 5.62. The Balaban J connectivity index is 1.36. The molecule has 3 heterocycles. The van der Waals surface area contributed by atoms with E-state index in [9.17, 15) is 13.6 Å². The van der Waals surface area contributed by atoms with Crippen molar-refractivity contribution in [2.45, 2.75) is 18.4 Å². The van der Waals surface area contributed by atoms with E-state index in [-0.39, 0.29) is 23.2 Å². The van der Waals surface area contributed by atoms with Gasteiger partial charge in [-0.05, 0) is 42.8 Å². The summed E-state index contributed by atoms with van der Waals surface area (Å²) in [6.45, 7) is 1.98. The van der Waals surface area contributed by atoms with Gasteiger partial charge in [-0.3, -0.25) is 14.3 Å². The molecule has 4 aromatic rings. The van der Waals surface area contributed by atoms with Crippen molar-refractivity contribution in [2.24, 2.45) is 0 Å². The van der Waals surface area contributed by atoms with Gasteiger partial charge in [0, 0.05) is 29.7 Å². The summed E-state index contributed by atoms with van der Waals surface area (Å²) in [5, 5.41) is 11.9. The zero-order valence-corrected chi connectivity index (χ0v) is 18.6. The molecule has 0 radical (unpaired) electrons. The first-order valence-corrected chi connectivity index (χ1v) is 11.1. The van der Waals surface area contributed by atoms with Gasteiger partial charge in [0.15, 0.2) is 22.5 Å². The minimum Gasteiger partial charge on any atom is -0.395 e. The van der Waals surface area contributed by atoms with Gasteiger partial charge in [0.1, 0.15) is 0 Å². The summed E-state index contributed by atoms with van der Waals surface area (Å²) in [4.78, 5) is 16.6. The number of amides is 1. The molecule has 2 aromatic heterocycles. The van der Waals surface area contributed by atoms with Crippen LogP contribution in [0.15, 0.2) is 72.1 Å². The van der Waals surface area contributed by atoms with Crippen LogP contribution in [0.25, 0.3) is 17.1 Å². The Morgan fingerprint density at radius 1 is 1.06 bits per heavy atom. The first kappa shape index (κ1) is 21.8. The normalized spacial score (nSPS) is 13.6. The number of anilines is 1. The molecule has 0 unspecified atom stereocenters. The number of pyridine rings is 1. The van der Waals surface area contributed by atoms with Crippen LogP contribution in [-0.4, -0.2) is 37.7 Å². The molecule has 34 heavy (non-hydrogen) atoms. The molecule has 0 spiro atoms. The largest absolute Gasteiger partial charge is 0.586 e.